The lowest BCUT2D eigenvalue weighted by atomic mass is 10.1. The molecule has 0 aliphatic carbocycles. The van der Waals surface area contributed by atoms with Crippen molar-refractivity contribution in [3.05, 3.63) is 93.7 Å². The number of non-ortho nitro benzene ring substituents is 1. The van der Waals surface area contributed by atoms with E-state index in [1.54, 1.807) is 49.4 Å². The van der Waals surface area contributed by atoms with Gasteiger partial charge in [0.1, 0.15) is 11.4 Å². The lowest BCUT2D eigenvalue weighted by Crippen LogP contribution is -2.56. The highest BCUT2D eigenvalue weighted by atomic mass is 32.2. The lowest BCUT2D eigenvalue weighted by Gasteiger charge is -2.45. The molecule has 1 fully saturated rings. The number of β-lactam (4-membered cyclic amide) rings is 1. The third-order valence-corrected chi connectivity index (χ3v) is 6.85. The number of carbonyl (C=O) groups is 3. The van der Waals surface area contributed by atoms with Crippen LogP contribution in [0.5, 0.6) is 5.75 Å². The van der Waals surface area contributed by atoms with Crippen LogP contribution >= 0.6 is 11.8 Å². The van der Waals surface area contributed by atoms with Gasteiger partial charge in [0, 0.05) is 24.1 Å². The molecule has 2 unspecified atom stereocenters. The van der Waals surface area contributed by atoms with E-state index >= 15 is 0 Å². The van der Waals surface area contributed by atoms with Gasteiger partial charge in [-0.05, 0) is 24.6 Å². The maximum atomic E-state index is 13.2. The summed E-state index contributed by atoms with van der Waals surface area (Å²) in [6.45, 7) is 1.75. The highest BCUT2D eigenvalue weighted by Crippen LogP contribution is 2.43. The highest BCUT2D eigenvalue weighted by molar-refractivity contribution is 8.00. The Morgan fingerprint density at radius 3 is 2.53 bits per heavy atom. The number of ether oxygens (including phenoxy) is 2. The van der Waals surface area contributed by atoms with Crippen molar-refractivity contribution in [3.8, 4) is 5.75 Å². The van der Waals surface area contributed by atoms with E-state index in [-0.39, 0.29) is 35.5 Å². The number of benzene rings is 2. The summed E-state index contributed by atoms with van der Waals surface area (Å²) < 4.78 is 11.0. The summed E-state index contributed by atoms with van der Waals surface area (Å²) in [5.41, 5.74) is 7.01. The zero-order valence-electron chi connectivity index (χ0n) is 19.2. The molecule has 1 saturated heterocycles. The molecule has 2 aliphatic heterocycles. The zero-order chi connectivity index (χ0) is 25.8. The molecule has 186 valence electrons. The van der Waals surface area contributed by atoms with Gasteiger partial charge in [0.2, 0.25) is 5.91 Å². The molecule has 2 aromatic rings. The van der Waals surface area contributed by atoms with E-state index in [0.717, 1.165) is 0 Å². The molecule has 1 amide bonds. The molecule has 4 rings (SSSR count). The third kappa shape index (κ3) is 5.31. The Morgan fingerprint density at radius 1 is 1.22 bits per heavy atom. The number of amides is 1. The van der Waals surface area contributed by atoms with E-state index in [2.05, 4.69) is 0 Å². The van der Waals surface area contributed by atoms with Crippen molar-refractivity contribution in [2.24, 2.45) is 5.73 Å². The van der Waals surface area contributed by atoms with Crippen molar-refractivity contribution < 1.29 is 28.8 Å². The van der Waals surface area contributed by atoms with Gasteiger partial charge < -0.3 is 15.2 Å². The summed E-state index contributed by atoms with van der Waals surface area (Å²) in [6, 6.07) is 14.1. The Hall–Kier alpha value is -3.96. The van der Waals surface area contributed by atoms with Gasteiger partial charge in [-0.25, -0.2) is 9.59 Å². The maximum absolute atomic E-state index is 13.2. The van der Waals surface area contributed by atoms with Crippen molar-refractivity contribution in [1.29, 1.82) is 0 Å². The van der Waals surface area contributed by atoms with Gasteiger partial charge in [0.15, 0.2) is 6.10 Å². The predicted octanol–water partition coefficient (Wildman–Crippen LogP) is 3.07. The van der Waals surface area contributed by atoms with Crippen LogP contribution in [0.1, 0.15) is 18.9 Å². The highest BCUT2D eigenvalue weighted by Gasteiger charge is 2.48. The molecule has 0 spiro atoms. The number of carbonyl (C=O) groups excluding carboxylic acids is 3. The minimum absolute atomic E-state index is 0.0135. The Balaban J connectivity index is 1.59. The van der Waals surface area contributed by atoms with Gasteiger partial charge in [-0.15, -0.1) is 11.8 Å². The Morgan fingerprint density at radius 2 is 1.92 bits per heavy atom. The SMILES string of the molecule is C/C=C\C1=C(C(=O)OC(=O)C(Cc2ccc([N+](=O)[O-])cc2)Oc2ccccc2)N2C(=O)C[C@H]2SC1N. The van der Waals surface area contributed by atoms with Crippen LogP contribution in [-0.4, -0.2) is 44.5 Å². The van der Waals surface area contributed by atoms with Crippen molar-refractivity contribution in [1.82, 2.24) is 4.90 Å². The molecule has 0 saturated carbocycles. The number of para-hydroxylation sites is 1. The number of nitrogens with two attached hydrogens (primary N) is 1. The largest absolute Gasteiger partial charge is 0.478 e. The molecular formula is C25H23N3O7S. The molecular weight excluding hydrogens is 486 g/mol. The summed E-state index contributed by atoms with van der Waals surface area (Å²) in [4.78, 5) is 50.3. The fourth-order valence-electron chi connectivity index (χ4n) is 3.86. The Labute approximate surface area is 210 Å². The fourth-order valence-corrected chi connectivity index (χ4v) is 5.12. The van der Waals surface area contributed by atoms with Gasteiger partial charge in [-0.3, -0.25) is 19.8 Å². The normalized spacial score (nSPS) is 19.9. The van der Waals surface area contributed by atoms with Crippen LogP contribution in [0.4, 0.5) is 5.69 Å². The summed E-state index contributed by atoms with van der Waals surface area (Å²) >= 11 is 1.35. The number of rotatable bonds is 8. The number of esters is 2. The first-order valence-electron chi connectivity index (χ1n) is 11.1. The first kappa shape index (κ1) is 25.1. The third-order valence-electron chi connectivity index (χ3n) is 5.62. The van der Waals surface area contributed by atoms with E-state index in [1.807, 2.05) is 0 Å². The molecule has 2 heterocycles. The van der Waals surface area contributed by atoms with Gasteiger partial charge in [0.25, 0.3) is 5.69 Å². The number of allylic oxidation sites excluding steroid dienone is 1. The second-order valence-electron chi connectivity index (χ2n) is 8.04. The molecule has 36 heavy (non-hydrogen) atoms. The number of hydrogen-bond donors (Lipinski definition) is 1. The Kier molecular flexibility index (Phi) is 7.51. The van der Waals surface area contributed by atoms with Crippen LogP contribution in [-0.2, 0) is 25.5 Å². The van der Waals surface area contributed by atoms with Crippen molar-refractivity contribution >= 4 is 35.3 Å². The number of nitro benzene ring substituents is 1. The summed E-state index contributed by atoms with van der Waals surface area (Å²) in [6.07, 6.45) is 2.30. The van der Waals surface area contributed by atoms with Gasteiger partial charge in [0.05, 0.1) is 22.1 Å². The number of nitrogens with zero attached hydrogens (tertiary/aromatic N) is 2. The Bertz CT molecular complexity index is 1240. The fraction of sp³-hybridized carbons (Fsp3) is 0.240. The molecule has 11 heteroatoms. The summed E-state index contributed by atoms with van der Waals surface area (Å²) in [5.74, 6) is -1.85. The quantitative estimate of drug-likeness (QED) is 0.187. The average molecular weight is 510 g/mol. The molecule has 0 radical (unpaired) electrons. The number of hydrogen-bond acceptors (Lipinski definition) is 9. The minimum Gasteiger partial charge on any atom is -0.478 e. The lowest BCUT2D eigenvalue weighted by molar-refractivity contribution is -0.384. The maximum Gasteiger partial charge on any atom is 0.363 e. The first-order valence-corrected chi connectivity index (χ1v) is 12.0. The standard InChI is InChI=1S/C25H23N3O7S/c1-2-6-18-22(27-20(29)14-21(27)36-23(18)26)25(31)35-24(30)19(34-17-7-4-3-5-8-17)13-15-9-11-16(12-10-15)28(32)33/h2-12,19,21,23H,13-14,26H2,1H3/b6-2-/t19?,21-,23?/m1/s1. The van der Waals surface area contributed by atoms with Crippen LogP contribution in [0.3, 0.4) is 0 Å². The van der Waals surface area contributed by atoms with Crippen LogP contribution in [0.25, 0.3) is 0 Å². The van der Waals surface area contributed by atoms with Crippen LogP contribution in [0.2, 0.25) is 0 Å². The van der Waals surface area contributed by atoms with Crippen molar-refractivity contribution in [2.75, 3.05) is 0 Å². The van der Waals surface area contributed by atoms with Crippen LogP contribution < -0.4 is 10.5 Å². The second kappa shape index (κ2) is 10.8. The smallest absolute Gasteiger partial charge is 0.363 e. The second-order valence-corrected chi connectivity index (χ2v) is 9.36. The predicted molar refractivity (Wildman–Crippen MR) is 131 cm³/mol. The summed E-state index contributed by atoms with van der Waals surface area (Å²) in [5, 5.41) is 10.1. The molecule has 0 bridgehead atoms. The van der Waals surface area contributed by atoms with Crippen molar-refractivity contribution in [3.63, 3.8) is 0 Å². The van der Waals surface area contributed by atoms with Crippen LogP contribution in [0.15, 0.2) is 78.0 Å². The number of fused-ring (bicyclic) bond motifs is 1. The first-order chi connectivity index (χ1) is 17.3. The molecule has 10 nitrogen and oxygen atoms in total. The minimum atomic E-state index is -1.24. The van der Waals surface area contributed by atoms with E-state index in [9.17, 15) is 24.5 Å². The van der Waals surface area contributed by atoms with Crippen LogP contribution in [0, 0.1) is 10.1 Å². The van der Waals surface area contributed by atoms with E-state index in [1.165, 1.54) is 40.9 Å². The average Bonchev–Trinajstić information content (AvgIpc) is 2.85. The molecule has 2 N–H and O–H groups in total. The van der Waals surface area contributed by atoms with Crippen molar-refractivity contribution in [2.45, 2.75) is 36.6 Å². The van der Waals surface area contributed by atoms with Gasteiger partial charge in [-0.2, -0.15) is 0 Å². The number of nitro groups is 1. The van der Waals surface area contributed by atoms with E-state index in [0.29, 0.717) is 16.9 Å². The molecule has 2 aliphatic rings. The number of thioether (sulfide) groups is 1. The molecule has 2 aromatic carbocycles. The summed E-state index contributed by atoms with van der Waals surface area (Å²) in [7, 11) is 0. The zero-order valence-corrected chi connectivity index (χ0v) is 20.1. The molecule has 0 aromatic heterocycles. The van der Waals surface area contributed by atoms with Gasteiger partial charge >= 0.3 is 11.9 Å². The van der Waals surface area contributed by atoms with Gasteiger partial charge in [-0.1, -0.05) is 42.5 Å². The molecule has 3 atom stereocenters. The monoisotopic (exact) mass is 509 g/mol. The van der Waals surface area contributed by atoms with E-state index < -0.39 is 28.3 Å². The van der Waals surface area contributed by atoms with E-state index in [4.69, 9.17) is 15.2 Å². The topological polar surface area (TPSA) is 142 Å².